The molecule has 9 nitrogen and oxygen atoms in total. The summed E-state index contributed by atoms with van der Waals surface area (Å²) < 4.78 is 10.6. The molecule has 0 bridgehead atoms. The van der Waals surface area contributed by atoms with E-state index in [0.29, 0.717) is 34.2 Å². The third-order valence-electron chi connectivity index (χ3n) is 7.29. The van der Waals surface area contributed by atoms with Crippen molar-refractivity contribution in [3.63, 3.8) is 0 Å². The number of aliphatic hydroxyl groups is 1. The average molecular weight is 500 g/mol. The number of imide groups is 1. The van der Waals surface area contributed by atoms with E-state index >= 15 is 0 Å². The third kappa shape index (κ3) is 3.41. The van der Waals surface area contributed by atoms with Crippen molar-refractivity contribution in [2.45, 2.75) is 31.0 Å². The minimum Gasteiger partial charge on any atom is -0.493 e. The minimum absolute atomic E-state index is 0.132. The van der Waals surface area contributed by atoms with Gasteiger partial charge in [-0.15, -0.1) is 0 Å². The maximum Gasteiger partial charge on any atom is 0.250 e. The molecule has 0 unspecified atom stereocenters. The van der Waals surface area contributed by atoms with E-state index in [1.54, 1.807) is 44.4 Å². The fraction of sp³-hybridized carbons (Fsp3) is 0.400. The van der Waals surface area contributed by atoms with Crippen LogP contribution in [-0.4, -0.2) is 60.6 Å². The van der Waals surface area contributed by atoms with Gasteiger partial charge in [0.2, 0.25) is 17.7 Å². The smallest absolute Gasteiger partial charge is 0.250 e. The van der Waals surface area contributed by atoms with Crippen LogP contribution in [0.3, 0.4) is 0 Å². The molecule has 0 saturated carbocycles. The first-order chi connectivity index (χ1) is 16.7. The molecule has 2 aromatic carbocycles. The molecular weight excluding hydrogens is 474 g/mol. The van der Waals surface area contributed by atoms with E-state index in [-0.39, 0.29) is 6.54 Å². The van der Waals surface area contributed by atoms with E-state index in [1.807, 2.05) is 6.07 Å². The van der Waals surface area contributed by atoms with E-state index in [1.165, 1.54) is 12.0 Å². The van der Waals surface area contributed by atoms with Crippen LogP contribution in [0.5, 0.6) is 11.5 Å². The van der Waals surface area contributed by atoms with Crippen LogP contribution in [0.4, 0.5) is 5.69 Å². The molecule has 5 atom stereocenters. The molecule has 0 aromatic heterocycles. The van der Waals surface area contributed by atoms with Crippen LogP contribution >= 0.6 is 11.6 Å². The van der Waals surface area contributed by atoms with Gasteiger partial charge in [0.25, 0.3) is 0 Å². The van der Waals surface area contributed by atoms with Gasteiger partial charge in [-0.05, 0) is 49.2 Å². The van der Waals surface area contributed by atoms with E-state index in [2.05, 4.69) is 10.6 Å². The molecule has 1 spiro atoms. The average Bonchev–Trinajstić information content (AvgIpc) is 3.43. The van der Waals surface area contributed by atoms with Crippen molar-refractivity contribution in [2.75, 3.05) is 26.1 Å². The summed E-state index contributed by atoms with van der Waals surface area (Å²) in [6, 6.07) is 9.59. The molecule has 2 aromatic rings. The Bertz CT molecular complexity index is 1230. The Morgan fingerprint density at radius 3 is 2.51 bits per heavy atom. The topological polar surface area (TPSA) is 117 Å². The van der Waals surface area contributed by atoms with Crippen LogP contribution in [0.25, 0.3) is 0 Å². The highest BCUT2D eigenvalue weighted by Gasteiger charge is 2.71. The van der Waals surface area contributed by atoms with Crippen LogP contribution in [0.2, 0.25) is 5.02 Å². The summed E-state index contributed by atoms with van der Waals surface area (Å²) in [4.78, 5) is 41.8. The molecule has 0 aliphatic carbocycles. The number of nitrogens with zero attached hydrogens (tertiary/aromatic N) is 1. The highest BCUT2D eigenvalue weighted by Crippen LogP contribution is 2.53. The number of carbonyl (C=O) groups is 3. The summed E-state index contributed by atoms with van der Waals surface area (Å²) in [5.74, 6) is -2.04. The Hall–Kier alpha value is -3.14. The SMILES string of the molecule is COc1ccc(CCN2C(=O)[C@@H]3[C@H]([C@H](C)O)N[C@]4(C(=O)Nc5ccc(Cl)cc54)[C@@H]3C2=O)cc1OC. The number of carbonyl (C=O) groups excluding carboxylic acids is 3. The fourth-order valence-electron chi connectivity index (χ4n) is 5.68. The van der Waals surface area contributed by atoms with Crippen molar-refractivity contribution in [1.82, 2.24) is 10.2 Å². The number of methoxy groups -OCH3 is 2. The zero-order valence-electron chi connectivity index (χ0n) is 19.5. The van der Waals surface area contributed by atoms with Gasteiger partial charge >= 0.3 is 0 Å². The highest BCUT2D eigenvalue weighted by molar-refractivity contribution is 6.31. The van der Waals surface area contributed by atoms with E-state index in [4.69, 9.17) is 21.1 Å². The van der Waals surface area contributed by atoms with Gasteiger partial charge in [0.1, 0.15) is 5.54 Å². The number of nitrogens with one attached hydrogen (secondary N) is 2. The Balaban J connectivity index is 1.49. The monoisotopic (exact) mass is 499 g/mol. The molecule has 3 N–H and O–H groups in total. The molecule has 2 saturated heterocycles. The van der Waals surface area contributed by atoms with E-state index in [0.717, 1.165) is 5.56 Å². The molecule has 0 radical (unpaired) electrons. The first kappa shape index (κ1) is 23.6. The first-order valence-corrected chi connectivity index (χ1v) is 11.7. The quantitative estimate of drug-likeness (QED) is 0.518. The van der Waals surface area contributed by atoms with Crippen molar-refractivity contribution in [3.05, 3.63) is 52.5 Å². The summed E-state index contributed by atoms with van der Waals surface area (Å²) in [5, 5.41) is 16.9. The highest BCUT2D eigenvalue weighted by atomic mass is 35.5. The molecule has 184 valence electrons. The summed E-state index contributed by atoms with van der Waals surface area (Å²) in [6.45, 7) is 1.68. The Morgan fingerprint density at radius 2 is 1.83 bits per heavy atom. The number of hydrogen-bond acceptors (Lipinski definition) is 7. The van der Waals surface area contributed by atoms with Gasteiger partial charge in [0, 0.05) is 28.9 Å². The maximum atomic E-state index is 13.7. The molecule has 3 aliphatic heterocycles. The zero-order chi connectivity index (χ0) is 25.1. The Labute approximate surface area is 207 Å². The number of likely N-dealkylation sites (tertiary alicyclic amines) is 1. The van der Waals surface area contributed by atoms with Crippen molar-refractivity contribution in [2.24, 2.45) is 11.8 Å². The summed E-state index contributed by atoms with van der Waals surface area (Å²) >= 11 is 6.23. The zero-order valence-corrected chi connectivity index (χ0v) is 20.3. The largest absolute Gasteiger partial charge is 0.493 e. The lowest BCUT2D eigenvalue weighted by atomic mass is 9.76. The Morgan fingerprint density at radius 1 is 1.09 bits per heavy atom. The predicted octanol–water partition coefficient (Wildman–Crippen LogP) is 1.70. The minimum atomic E-state index is -1.49. The predicted molar refractivity (Wildman–Crippen MR) is 127 cm³/mol. The van der Waals surface area contributed by atoms with Gasteiger partial charge in [0.15, 0.2) is 11.5 Å². The number of rotatable bonds is 6. The van der Waals surface area contributed by atoms with Gasteiger partial charge in [-0.1, -0.05) is 17.7 Å². The first-order valence-electron chi connectivity index (χ1n) is 11.4. The van der Waals surface area contributed by atoms with Crippen molar-refractivity contribution in [1.29, 1.82) is 0 Å². The molecule has 3 heterocycles. The van der Waals surface area contributed by atoms with E-state index in [9.17, 15) is 19.5 Å². The number of aliphatic hydroxyl groups excluding tert-OH is 1. The van der Waals surface area contributed by atoms with Gasteiger partial charge in [-0.25, -0.2) is 0 Å². The second kappa shape index (κ2) is 8.51. The summed E-state index contributed by atoms with van der Waals surface area (Å²) in [5.41, 5.74) is 0.408. The number of amides is 3. The standard InChI is InChI=1S/C25H26ClN3O6/c1-12(30)21-19-20(25(28-21)15-11-14(26)5-6-16(15)27-24(25)33)23(32)29(22(19)31)9-8-13-4-7-17(34-2)18(10-13)35-3/h4-7,10-12,19-21,28,30H,8-9H2,1-3H3,(H,27,33)/t12-,19-,20-,21-,25-/m0/s1. The summed E-state index contributed by atoms with van der Waals surface area (Å²) in [6.07, 6.45) is -0.577. The number of halogens is 1. The van der Waals surface area contributed by atoms with Crippen molar-refractivity contribution >= 4 is 35.0 Å². The number of ether oxygens (including phenoxy) is 2. The van der Waals surface area contributed by atoms with Crippen molar-refractivity contribution < 1.29 is 29.0 Å². The molecule has 10 heteroatoms. The molecular formula is C25H26ClN3O6. The van der Waals surface area contributed by atoms with Crippen LogP contribution in [-0.2, 0) is 26.3 Å². The molecule has 5 rings (SSSR count). The lowest BCUT2D eigenvalue weighted by Crippen LogP contribution is -2.55. The lowest BCUT2D eigenvalue weighted by molar-refractivity contribution is -0.143. The lowest BCUT2D eigenvalue weighted by Gasteiger charge is -2.30. The third-order valence-corrected chi connectivity index (χ3v) is 7.53. The van der Waals surface area contributed by atoms with Crippen LogP contribution in [0.15, 0.2) is 36.4 Å². The van der Waals surface area contributed by atoms with Gasteiger partial charge in [-0.2, -0.15) is 0 Å². The normalized spacial score (nSPS) is 27.7. The number of hydrogen-bond donors (Lipinski definition) is 3. The molecule has 3 aliphatic rings. The van der Waals surface area contributed by atoms with E-state index < -0.39 is 47.2 Å². The molecule has 2 fully saturated rings. The number of benzene rings is 2. The number of anilines is 1. The maximum absolute atomic E-state index is 13.7. The molecule has 35 heavy (non-hydrogen) atoms. The van der Waals surface area contributed by atoms with Crippen molar-refractivity contribution in [3.8, 4) is 11.5 Å². The van der Waals surface area contributed by atoms with Gasteiger partial charge in [0.05, 0.1) is 32.2 Å². The second-order valence-electron chi connectivity index (χ2n) is 9.13. The number of fused-ring (bicyclic) bond motifs is 4. The molecule has 3 amide bonds. The van der Waals surface area contributed by atoms with Gasteiger partial charge < -0.3 is 19.9 Å². The van der Waals surface area contributed by atoms with Crippen LogP contribution in [0, 0.1) is 11.8 Å². The fourth-order valence-corrected chi connectivity index (χ4v) is 5.85. The second-order valence-corrected chi connectivity index (χ2v) is 9.57. The van der Waals surface area contributed by atoms with Crippen LogP contribution < -0.4 is 20.1 Å². The van der Waals surface area contributed by atoms with Gasteiger partial charge in [-0.3, -0.25) is 24.6 Å². The Kier molecular flexibility index (Phi) is 5.74. The van der Waals surface area contributed by atoms with Crippen LogP contribution in [0.1, 0.15) is 18.1 Å². The summed E-state index contributed by atoms with van der Waals surface area (Å²) in [7, 11) is 3.08.